The molecule has 7 nitrogen and oxygen atoms in total. The first-order valence-electron chi connectivity index (χ1n) is 9.99. The second kappa shape index (κ2) is 10.2. The Morgan fingerprint density at radius 2 is 1.94 bits per heavy atom. The van der Waals surface area contributed by atoms with Crippen LogP contribution < -0.4 is 10.3 Å². The number of aromatic nitrogens is 3. The van der Waals surface area contributed by atoms with Crippen LogP contribution in [0.15, 0.2) is 63.1 Å². The monoisotopic (exact) mass is 471 g/mol. The van der Waals surface area contributed by atoms with Crippen molar-refractivity contribution in [3.8, 4) is 17.2 Å². The van der Waals surface area contributed by atoms with E-state index < -0.39 is 0 Å². The van der Waals surface area contributed by atoms with E-state index in [0.717, 1.165) is 17.0 Å². The van der Waals surface area contributed by atoms with Gasteiger partial charge < -0.3 is 13.9 Å². The average molecular weight is 472 g/mol. The van der Waals surface area contributed by atoms with E-state index in [4.69, 9.17) is 30.5 Å². The number of hydrogen-bond donors (Lipinski definition) is 0. The van der Waals surface area contributed by atoms with Crippen LogP contribution in [-0.4, -0.2) is 35.4 Å². The smallest absolute Gasteiger partial charge is 0.262 e. The van der Waals surface area contributed by atoms with Crippen LogP contribution in [0, 0.1) is 0 Å². The van der Waals surface area contributed by atoms with Gasteiger partial charge in [-0.3, -0.25) is 9.36 Å². The number of hydrogen-bond acceptors (Lipinski definition) is 7. The van der Waals surface area contributed by atoms with Gasteiger partial charge in [-0.25, -0.2) is 9.97 Å². The highest BCUT2D eigenvalue weighted by molar-refractivity contribution is 7.98. The SMILES string of the molecule is COCCCn1c(SCc2coc(-c3ccc(OC)cc3)n2)nc2cc(Cl)ccc2c1=O. The predicted octanol–water partition coefficient (Wildman–Crippen LogP) is 5.04. The summed E-state index contributed by atoms with van der Waals surface area (Å²) >= 11 is 7.55. The number of methoxy groups -OCH3 is 2. The summed E-state index contributed by atoms with van der Waals surface area (Å²) in [5.74, 6) is 1.80. The molecule has 0 radical (unpaired) electrons. The van der Waals surface area contributed by atoms with Gasteiger partial charge in [-0.2, -0.15) is 0 Å². The third-order valence-corrected chi connectivity index (χ3v) is 6.10. The standard InChI is InChI=1S/C23H22ClN3O4S/c1-29-11-3-10-27-22(28)19-9-6-16(24)12-20(19)26-23(27)32-14-17-13-31-21(25-17)15-4-7-18(30-2)8-5-15/h4-9,12-13H,3,10-11,14H2,1-2H3. The van der Waals surface area contributed by atoms with Crippen LogP contribution in [0.2, 0.25) is 5.02 Å². The van der Waals surface area contributed by atoms with Crippen LogP contribution in [-0.2, 0) is 17.0 Å². The fourth-order valence-corrected chi connectivity index (χ4v) is 4.29. The molecule has 0 saturated carbocycles. The van der Waals surface area contributed by atoms with Gasteiger partial charge in [0.05, 0.1) is 23.7 Å². The third kappa shape index (κ3) is 4.98. The molecule has 0 fully saturated rings. The van der Waals surface area contributed by atoms with Gasteiger partial charge in [0, 0.05) is 36.6 Å². The number of nitrogens with zero attached hydrogens (tertiary/aromatic N) is 3. The molecule has 2 aromatic heterocycles. The molecule has 2 aromatic carbocycles. The van der Waals surface area contributed by atoms with E-state index >= 15 is 0 Å². The van der Waals surface area contributed by atoms with Crippen molar-refractivity contribution >= 4 is 34.3 Å². The van der Waals surface area contributed by atoms with Crippen LogP contribution in [0.4, 0.5) is 0 Å². The summed E-state index contributed by atoms with van der Waals surface area (Å²) in [5, 5.41) is 1.69. The summed E-state index contributed by atoms with van der Waals surface area (Å²) < 4.78 is 17.7. The molecule has 4 rings (SSSR count). The lowest BCUT2D eigenvalue weighted by molar-refractivity contribution is 0.189. The Bertz CT molecular complexity index is 1270. The van der Waals surface area contributed by atoms with Crippen molar-refractivity contribution in [3.63, 3.8) is 0 Å². The van der Waals surface area contributed by atoms with E-state index in [2.05, 4.69) is 4.98 Å². The first kappa shape index (κ1) is 22.4. The van der Waals surface area contributed by atoms with Crippen molar-refractivity contribution in [1.29, 1.82) is 0 Å². The third-order valence-electron chi connectivity index (χ3n) is 4.85. The molecule has 0 unspecified atom stereocenters. The number of benzene rings is 2. The molecule has 32 heavy (non-hydrogen) atoms. The number of ether oxygens (including phenoxy) is 2. The minimum Gasteiger partial charge on any atom is -0.497 e. The van der Waals surface area contributed by atoms with E-state index in [0.29, 0.717) is 52.3 Å². The molecule has 0 aliphatic rings. The topological polar surface area (TPSA) is 79.4 Å². The lowest BCUT2D eigenvalue weighted by Crippen LogP contribution is -2.24. The minimum atomic E-state index is -0.0932. The molecule has 4 aromatic rings. The highest BCUT2D eigenvalue weighted by atomic mass is 35.5. The summed E-state index contributed by atoms with van der Waals surface area (Å²) in [6, 6.07) is 12.6. The quantitative estimate of drug-likeness (QED) is 0.192. The predicted molar refractivity (Wildman–Crippen MR) is 126 cm³/mol. The van der Waals surface area contributed by atoms with E-state index in [1.807, 2.05) is 24.3 Å². The zero-order valence-electron chi connectivity index (χ0n) is 17.7. The molecule has 0 aliphatic carbocycles. The van der Waals surface area contributed by atoms with Gasteiger partial charge in [0.2, 0.25) is 5.89 Å². The van der Waals surface area contributed by atoms with Crippen molar-refractivity contribution in [2.45, 2.75) is 23.9 Å². The zero-order chi connectivity index (χ0) is 22.5. The van der Waals surface area contributed by atoms with Gasteiger partial charge >= 0.3 is 0 Å². The van der Waals surface area contributed by atoms with Crippen LogP contribution in [0.1, 0.15) is 12.1 Å². The highest BCUT2D eigenvalue weighted by Crippen LogP contribution is 2.26. The molecular weight excluding hydrogens is 450 g/mol. The highest BCUT2D eigenvalue weighted by Gasteiger charge is 2.14. The summed E-state index contributed by atoms with van der Waals surface area (Å²) in [6.07, 6.45) is 2.33. The van der Waals surface area contributed by atoms with E-state index in [-0.39, 0.29) is 5.56 Å². The first-order chi connectivity index (χ1) is 15.6. The Morgan fingerprint density at radius 1 is 1.12 bits per heavy atom. The minimum absolute atomic E-state index is 0.0932. The molecular formula is C23H22ClN3O4S. The first-order valence-corrected chi connectivity index (χ1v) is 11.4. The number of fused-ring (bicyclic) bond motifs is 1. The molecule has 0 amide bonds. The fraction of sp³-hybridized carbons (Fsp3) is 0.261. The molecule has 0 spiro atoms. The number of thioether (sulfide) groups is 1. The number of halogens is 1. The maximum Gasteiger partial charge on any atom is 0.262 e. The Hall–Kier alpha value is -2.81. The average Bonchev–Trinajstić information content (AvgIpc) is 3.28. The van der Waals surface area contributed by atoms with Crippen molar-refractivity contribution < 1.29 is 13.9 Å². The molecule has 0 bridgehead atoms. The lowest BCUT2D eigenvalue weighted by Gasteiger charge is -2.12. The van der Waals surface area contributed by atoms with Crippen LogP contribution >= 0.6 is 23.4 Å². The maximum atomic E-state index is 13.1. The molecule has 0 N–H and O–H groups in total. The second-order valence-electron chi connectivity index (χ2n) is 7.02. The fourth-order valence-electron chi connectivity index (χ4n) is 3.23. The van der Waals surface area contributed by atoms with E-state index in [9.17, 15) is 4.79 Å². The van der Waals surface area contributed by atoms with Crippen LogP contribution in [0.25, 0.3) is 22.4 Å². The van der Waals surface area contributed by atoms with Crippen LogP contribution in [0.5, 0.6) is 5.75 Å². The molecule has 0 aliphatic heterocycles. The Kier molecular flexibility index (Phi) is 7.14. The summed E-state index contributed by atoms with van der Waals surface area (Å²) in [7, 11) is 3.27. The van der Waals surface area contributed by atoms with Gasteiger partial charge in [-0.15, -0.1) is 0 Å². The van der Waals surface area contributed by atoms with Crippen LogP contribution in [0.3, 0.4) is 0 Å². The van der Waals surface area contributed by atoms with Gasteiger partial charge in [0.1, 0.15) is 12.0 Å². The van der Waals surface area contributed by atoms with Gasteiger partial charge in [-0.1, -0.05) is 23.4 Å². The number of oxazole rings is 1. The molecule has 9 heteroatoms. The Labute approximate surface area is 194 Å². The van der Waals surface area contributed by atoms with Crippen molar-refractivity contribution in [2.24, 2.45) is 0 Å². The molecule has 2 heterocycles. The molecule has 166 valence electrons. The van der Waals surface area contributed by atoms with E-state index in [1.165, 1.54) is 11.8 Å². The van der Waals surface area contributed by atoms with E-state index in [1.54, 1.807) is 43.2 Å². The van der Waals surface area contributed by atoms with Gasteiger partial charge in [-0.05, 0) is 48.9 Å². The Morgan fingerprint density at radius 3 is 2.69 bits per heavy atom. The van der Waals surface area contributed by atoms with Crippen molar-refractivity contribution in [1.82, 2.24) is 14.5 Å². The summed E-state index contributed by atoms with van der Waals surface area (Å²) in [4.78, 5) is 22.4. The van der Waals surface area contributed by atoms with Gasteiger partial charge in [0.25, 0.3) is 5.56 Å². The zero-order valence-corrected chi connectivity index (χ0v) is 19.3. The lowest BCUT2D eigenvalue weighted by atomic mass is 10.2. The normalized spacial score (nSPS) is 11.2. The summed E-state index contributed by atoms with van der Waals surface area (Å²) in [6.45, 7) is 1.07. The Balaban J connectivity index is 1.58. The second-order valence-corrected chi connectivity index (χ2v) is 8.40. The van der Waals surface area contributed by atoms with Crippen molar-refractivity contribution in [2.75, 3.05) is 20.8 Å². The molecule has 0 atom stereocenters. The largest absolute Gasteiger partial charge is 0.497 e. The summed E-state index contributed by atoms with van der Waals surface area (Å²) in [5.41, 5.74) is 2.10. The van der Waals surface area contributed by atoms with Gasteiger partial charge in [0.15, 0.2) is 5.16 Å². The maximum absolute atomic E-state index is 13.1. The van der Waals surface area contributed by atoms with Crippen molar-refractivity contribution in [3.05, 3.63) is 69.8 Å². The molecule has 0 saturated heterocycles. The number of rotatable bonds is 9.